The molecular weight excluding hydrogens is 212 g/mol. The van der Waals surface area contributed by atoms with E-state index in [1.165, 1.54) is 43.2 Å². The summed E-state index contributed by atoms with van der Waals surface area (Å²) < 4.78 is 2.00. The predicted molar refractivity (Wildman–Crippen MR) is 68.2 cm³/mol. The monoisotopic (exact) mass is 230 g/mol. The number of aryl methyl sites for hydroxylation is 1. The van der Waals surface area contributed by atoms with Gasteiger partial charge in [-0.05, 0) is 25.0 Å². The van der Waals surface area contributed by atoms with E-state index in [-0.39, 0.29) is 0 Å². The van der Waals surface area contributed by atoms with E-state index < -0.39 is 0 Å². The molecular formula is C14H18N2O. The van der Waals surface area contributed by atoms with Crippen LogP contribution in [0.25, 0.3) is 10.9 Å². The van der Waals surface area contributed by atoms with Crippen LogP contribution in [0.4, 0.5) is 0 Å². The van der Waals surface area contributed by atoms with E-state index in [1.54, 1.807) is 12.1 Å². The maximum atomic E-state index is 9.49. The van der Waals surface area contributed by atoms with E-state index in [2.05, 4.69) is 5.10 Å². The summed E-state index contributed by atoms with van der Waals surface area (Å²) in [5.74, 6) is 0.939. The summed E-state index contributed by atoms with van der Waals surface area (Å²) in [6.45, 7) is 0. The number of aromatic hydroxyl groups is 1. The highest BCUT2D eigenvalue weighted by Crippen LogP contribution is 2.36. The van der Waals surface area contributed by atoms with Crippen molar-refractivity contribution in [2.75, 3.05) is 0 Å². The average Bonchev–Trinajstić information content (AvgIpc) is 2.65. The Labute approximate surface area is 101 Å². The highest BCUT2D eigenvalue weighted by atomic mass is 16.3. The number of benzene rings is 1. The van der Waals surface area contributed by atoms with Crippen LogP contribution in [0.5, 0.6) is 5.75 Å². The predicted octanol–water partition coefficient (Wildman–Crippen LogP) is 3.33. The lowest BCUT2D eigenvalue weighted by molar-refractivity contribution is 0.426. The van der Waals surface area contributed by atoms with E-state index in [0.717, 1.165) is 5.52 Å². The van der Waals surface area contributed by atoms with Gasteiger partial charge >= 0.3 is 0 Å². The van der Waals surface area contributed by atoms with Gasteiger partial charge in [0.05, 0.1) is 5.52 Å². The highest BCUT2D eigenvalue weighted by molar-refractivity contribution is 5.83. The molecule has 3 heteroatoms. The van der Waals surface area contributed by atoms with Gasteiger partial charge < -0.3 is 5.11 Å². The molecule has 3 nitrogen and oxygen atoms in total. The zero-order valence-electron chi connectivity index (χ0n) is 10.2. The van der Waals surface area contributed by atoms with Gasteiger partial charge in [-0.15, -0.1) is 0 Å². The fraction of sp³-hybridized carbons (Fsp3) is 0.500. The summed E-state index contributed by atoms with van der Waals surface area (Å²) in [6.07, 6.45) is 6.57. The second-order valence-corrected chi connectivity index (χ2v) is 5.05. The van der Waals surface area contributed by atoms with Gasteiger partial charge in [0.15, 0.2) is 0 Å². The maximum absolute atomic E-state index is 9.49. The van der Waals surface area contributed by atoms with Gasteiger partial charge in [0.2, 0.25) is 0 Å². The van der Waals surface area contributed by atoms with Crippen LogP contribution in [0.2, 0.25) is 0 Å². The molecule has 2 aromatic rings. The minimum Gasteiger partial charge on any atom is -0.508 e. The van der Waals surface area contributed by atoms with Gasteiger partial charge in [-0.25, -0.2) is 0 Å². The summed E-state index contributed by atoms with van der Waals surface area (Å²) in [6, 6.07) is 5.51. The molecule has 90 valence electrons. The van der Waals surface area contributed by atoms with Crippen molar-refractivity contribution in [2.45, 2.75) is 38.0 Å². The molecule has 3 rings (SSSR count). The largest absolute Gasteiger partial charge is 0.508 e. The van der Waals surface area contributed by atoms with Crippen LogP contribution < -0.4 is 0 Å². The summed E-state index contributed by atoms with van der Waals surface area (Å²) in [5.41, 5.74) is 2.26. The minimum absolute atomic E-state index is 0.297. The Morgan fingerprint density at radius 1 is 1.24 bits per heavy atom. The molecule has 0 radical (unpaired) electrons. The Bertz CT molecular complexity index is 538. The van der Waals surface area contributed by atoms with Crippen LogP contribution >= 0.6 is 0 Å². The summed E-state index contributed by atoms with van der Waals surface area (Å²) in [7, 11) is 2.01. The topological polar surface area (TPSA) is 38.0 Å². The van der Waals surface area contributed by atoms with E-state index >= 15 is 0 Å². The third kappa shape index (κ3) is 1.79. The lowest BCUT2D eigenvalue weighted by Gasteiger charge is -2.22. The van der Waals surface area contributed by atoms with Gasteiger partial charge in [-0.2, -0.15) is 5.10 Å². The molecule has 0 spiro atoms. The van der Waals surface area contributed by atoms with Crippen molar-refractivity contribution in [1.29, 1.82) is 0 Å². The van der Waals surface area contributed by atoms with E-state index in [4.69, 9.17) is 0 Å². The smallest absolute Gasteiger partial charge is 0.117 e. The fourth-order valence-electron chi connectivity index (χ4n) is 3.07. The van der Waals surface area contributed by atoms with Crippen LogP contribution in [0, 0.1) is 0 Å². The van der Waals surface area contributed by atoms with Crippen LogP contribution in [0.15, 0.2) is 18.2 Å². The van der Waals surface area contributed by atoms with Crippen molar-refractivity contribution in [1.82, 2.24) is 9.78 Å². The zero-order valence-corrected chi connectivity index (χ0v) is 10.2. The number of hydrogen-bond acceptors (Lipinski definition) is 2. The van der Waals surface area contributed by atoms with Gasteiger partial charge in [0.25, 0.3) is 0 Å². The third-order valence-corrected chi connectivity index (χ3v) is 3.86. The summed E-state index contributed by atoms with van der Waals surface area (Å²) in [5, 5.41) is 15.2. The molecule has 0 atom stereocenters. The van der Waals surface area contributed by atoms with Crippen molar-refractivity contribution in [3.8, 4) is 5.75 Å². The Kier molecular flexibility index (Phi) is 2.54. The standard InChI is InChI=1S/C14H18N2O/c1-16-14(10-5-3-2-4-6-10)12-8-7-11(17)9-13(12)15-16/h7-10,17H,2-6H2,1H3. The van der Waals surface area contributed by atoms with Crippen LogP contribution in [-0.4, -0.2) is 14.9 Å². The average molecular weight is 230 g/mol. The van der Waals surface area contributed by atoms with Crippen molar-refractivity contribution in [2.24, 2.45) is 7.05 Å². The first kappa shape index (κ1) is 10.6. The SMILES string of the molecule is Cn1nc2cc(O)ccc2c1C1CCCCC1. The first-order valence-electron chi connectivity index (χ1n) is 6.41. The van der Waals surface area contributed by atoms with Crippen molar-refractivity contribution >= 4 is 10.9 Å². The van der Waals surface area contributed by atoms with Crippen LogP contribution in [0.3, 0.4) is 0 Å². The fourth-order valence-corrected chi connectivity index (χ4v) is 3.07. The molecule has 1 fully saturated rings. The number of fused-ring (bicyclic) bond motifs is 1. The molecule has 17 heavy (non-hydrogen) atoms. The Morgan fingerprint density at radius 3 is 2.76 bits per heavy atom. The first-order chi connectivity index (χ1) is 8.25. The molecule has 1 aliphatic rings. The summed E-state index contributed by atoms with van der Waals surface area (Å²) >= 11 is 0. The molecule has 1 saturated carbocycles. The van der Waals surface area contributed by atoms with E-state index in [1.807, 2.05) is 17.8 Å². The Morgan fingerprint density at radius 2 is 2.00 bits per heavy atom. The number of aromatic nitrogens is 2. The molecule has 0 bridgehead atoms. The molecule has 0 amide bonds. The second kappa shape index (κ2) is 4.06. The minimum atomic E-state index is 0.297. The molecule has 1 aliphatic carbocycles. The summed E-state index contributed by atoms with van der Waals surface area (Å²) in [4.78, 5) is 0. The number of rotatable bonds is 1. The van der Waals surface area contributed by atoms with Gasteiger partial charge in [0, 0.05) is 30.1 Å². The van der Waals surface area contributed by atoms with Gasteiger partial charge in [-0.3, -0.25) is 4.68 Å². The van der Waals surface area contributed by atoms with E-state index in [0.29, 0.717) is 11.7 Å². The first-order valence-corrected chi connectivity index (χ1v) is 6.41. The second-order valence-electron chi connectivity index (χ2n) is 5.05. The zero-order chi connectivity index (χ0) is 11.8. The Balaban J connectivity index is 2.11. The quantitative estimate of drug-likeness (QED) is 0.816. The maximum Gasteiger partial charge on any atom is 0.117 e. The van der Waals surface area contributed by atoms with Crippen LogP contribution in [0.1, 0.15) is 43.7 Å². The molecule has 0 saturated heterocycles. The van der Waals surface area contributed by atoms with Gasteiger partial charge in [-0.1, -0.05) is 19.3 Å². The van der Waals surface area contributed by atoms with Crippen molar-refractivity contribution in [3.63, 3.8) is 0 Å². The molecule has 1 aromatic heterocycles. The van der Waals surface area contributed by atoms with Crippen molar-refractivity contribution in [3.05, 3.63) is 23.9 Å². The lowest BCUT2D eigenvalue weighted by atomic mass is 9.85. The molecule has 1 N–H and O–H groups in total. The molecule has 0 aliphatic heterocycles. The normalized spacial score (nSPS) is 17.7. The molecule has 1 heterocycles. The van der Waals surface area contributed by atoms with Crippen molar-refractivity contribution < 1.29 is 5.11 Å². The van der Waals surface area contributed by atoms with Crippen LogP contribution in [-0.2, 0) is 7.05 Å². The van der Waals surface area contributed by atoms with E-state index in [9.17, 15) is 5.11 Å². The molecule has 0 unspecified atom stereocenters. The number of hydrogen-bond donors (Lipinski definition) is 1. The lowest BCUT2D eigenvalue weighted by Crippen LogP contribution is -2.09. The highest BCUT2D eigenvalue weighted by Gasteiger charge is 2.21. The van der Waals surface area contributed by atoms with Gasteiger partial charge in [0.1, 0.15) is 5.75 Å². The third-order valence-electron chi connectivity index (χ3n) is 3.86. The number of nitrogens with zero attached hydrogens (tertiary/aromatic N) is 2. The number of phenolic OH excluding ortho intramolecular Hbond substituents is 1. The Hall–Kier alpha value is -1.51. The number of phenols is 1. The molecule has 1 aromatic carbocycles.